The molecule has 4 aromatic rings. The van der Waals surface area contributed by atoms with Crippen LogP contribution in [0.4, 0.5) is 30.4 Å². The molecule has 3 aromatic carbocycles. The summed E-state index contributed by atoms with van der Waals surface area (Å²) < 4.78 is 49.9. The van der Waals surface area contributed by atoms with Crippen LogP contribution in [-0.4, -0.2) is 26.8 Å². The summed E-state index contributed by atoms with van der Waals surface area (Å²) in [6, 6.07) is 13.6. The van der Waals surface area contributed by atoms with Crippen molar-refractivity contribution in [3.05, 3.63) is 104 Å². The highest BCUT2D eigenvalue weighted by atomic mass is 79.9. The van der Waals surface area contributed by atoms with E-state index in [1.807, 2.05) is 39.0 Å². The van der Waals surface area contributed by atoms with E-state index >= 15 is 0 Å². The molecule has 1 aromatic heterocycles. The van der Waals surface area contributed by atoms with Crippen molar-refractivity contribution in [3.8, 4) is 11.5 Å². The third-order valence-corrected chi connectivity index (χ3v) is 7.66. The van der Waals surface area contributed by atoms with Gasteiger partial charge >= 0.3 is 6.18 Å². The minimum Gasteiger partial charge on any atom is -0.457 e. The second-order valence-electron chi connectivity index (χ2n) is 10.6. The number of hydrogen-bond donors (Lipinski definition) is 2. The Hall–Kier alpha value is -4.39. The van der Waals surface area contributed by atoms with E-state index in [0.717, 1.165) is 32.5 Å². The number of fused-ring (bicyclic) bond motifs is 1. The zero-order chi connectivity index (χ0) is 31.1. The second-order valence-corrected chi connectivity index (χ2v) is 11.5. The van der Waals surface area contributed by atoms with Crippen LogP contribution >= 0.6 is 15.9 Å². The maximum Gasteiger partial charge on any atom is 0.410 e. The number of benzene rings is 3. The summed E-state index contributed by atoms with van der Waals surface area (Å²) in [6.45, 7) is 5.87. The topological polar surface area (TPSA) is 111 Å². The summed E-state index contributed by atoms with van der Waals surface area (Å²) >= 11 is 3.33. The molecule has 0 fully saturated rings. The fraction of sp³-hybridized carbons (Fsp3) is 0.267. The smallest absolute Gasteiger partial charge is 0.410 e. The molecular weight excluding hydrogens is 631 g/mol. The maximum absolute atomic E-state index is 14.1. The van der Waals surface area contributed by atoms with Gasteiger partial charge < -0.3 is 15.4 Å². The monoisotopic (exact) mass is 657 g/mol. The first-order valence-electron chi connectivity index (χ1n) is 13.4. The number of nitro groups is 1. The standard InChI is InChI=1S/C30H27BrF3N5O4/c1-16(2)23-9-4-17(3)10-26(23)43-22-12-20(11-21(13-22)39(41)42)36-29(40)24-15-35-38-27(30(32,33)34)14-25(37-28(24)38)18-5-7-19(31)8-6-18/h4-13,15-16,25,27,37H,14H2,1-3H3,(H,36,40). The third kappa shape index (κ3) is 6.51. The number of nitrogens with one attached hydrogen (secondary N) is 2. The number of amides is 1. The number of rotatable bonds is 7. The summed E-state index contributed by atoms with van der Waals surface area (Å²) in [6.07, 6.45) is -3.90. The van der Waals surface area contributed by atoms with Gasteiger partial charge in [0.15, 0.2) is 6.04 Å². The van der Waals surface area contributed by atoms with E-state index < -0.39 is 29.1 Å². The molecule has 1 aliphatic rings. The molecule has 0 bridgehead atoms. The minimum atomic E-state index is -4.62. The van der Waals surface area contributed by atoms with Crippen LogP contribution in [-0.2, 0) is 0 Å². The minimum absolute atomic E-state index is 0.0283. The molecule has 0 saturated carbocycles. The number of anilines is 2. The molecule has 2 heterocycles. The van der Waals surface area contributed by atoms with Gasteiger partial charge in [-0.1, -0.05) is 54.0 Å². The van der Waals surface area contributed by atoms with E-state index in [2.05, 4.69) is 31.7 Å². The molecule has 43 heavy (non-hydrogen) atoms. The Bertz CT molecular complexity index is 1690. The van der Waals surface area contributed by atoms with Gasteiger partial charge in [-0.25, -0.2) is 4.68 Å². The van der Waals surface area contributed by atoms with Crippen LogP contribution in [0.5, 0.6) is 11.5 Å². The molecule has 1 amide bonds. The molecule has 0 aliphatic carbocycles. The number of halogens is 4. The van der Waals surface area contributed by atoms with E-state index in [1.54, 1.807) is 24.3 Å². The molecule has 2 unspecified atom stereocenters. The lowest BCUT2D eigenvalue weighted by Crippen LogP contribution is -2.36. The molecule has 9 nitrogen and oxygen atoms in total. The largest absolute Gasteiger partial charge is 0.457 e. The predicted molar refractivity (Wildman–Crippen MR) is 159 cm³/mol. The van der Waals surface area contributed by atoms with Gasteiger partial charge in [-0.3, -0.25) is 14.9 Å². The van der Waals surface area contributed by atoms with Gasteiger partial charge in [0.25, 0.3) is 11.6 Å². The van der Waals surface area contributed by atoms with Crippen LogP contribution in [0.2, 0.25) is 0 Å². The molecule has 13 heteroatoms. The Morgan fingerprint density at radius 1 is 1.16 bits per heavy atom. The van der Waals surface area contributed by atoms with Gasteiger partial charge in [0.1, 0.15) is 22.9 Å². The molecule has 0 spiro atoms. The number of non-ortho nitro benzene ring substituents is 1. The Morgan fingerprint density at radius 3 is 2.53 bits per heavy atom. The zero-order valence-electron chi connectivity index (χ0n) is 23.3. The SMILES string of the molecule is Cc1ccc(C(C)C)c(Oc2cc(NC(=O)c3cnn4c3NC(c3ccc(Br)cc3)CC4C(F)(F)F)cc([N+](=O)[O-])c2)c1. The zero-order valence-corrected chi connectivity index (χ0v) is 24.9. The fourth-order valence-corrected chi connectivity index (χ4v) is 5.26. The maximum atomic E-state index is 14.1. The van der Waals surface area contributed by atoms with Crippen molar-refractivity contribution in [2.24, 2.45) is 0 Å². The average molecular weight is 658 g/mol. The van der Waals surface area contributed by atoms with E-state index in [4.69, 9.17) is 4.74 Å². The molecule has 0 saturated heterocycles. The van der Waals surface area contributed by atoms with E-state index in [-0.39, 0.29) is 40.8 Å². The number of hydrogen-bond acceptors (Lipinski definition) is 6. The van der Waals surface area contributed by atoms with Crippen LogP contribution in [0.25, 0.3) is 0 Å². The first-order chi connectivity index (χ1) is 20.3. The number of nitrogens with zero attached hydrogens (tertiary/aromatic N) is 3. The Morgan fingerprint density at radius 2 is 1.88 bits per heavy atom. The van der Waals surface area contributed by atoms with Crippen LogP contribution in [0.15, 0.2) is 71.3 Å². The lowest BCUT2D eigenvalue weighted by molar-refractivity contribution is -0.384. The third-order valence-electron chi connectivity index (χ3n) is 7.13. The van der Waals surface area contributed by atoms with Gasteiger partial charge in [-0.2, -0.15) is 18.3 Å². The van der Waals surface area contributed by atoms with Gasteiger partial charge in [-0.05, 0) is 47.7 Å². The highest BCUT2D eigenvalue weighted by Crippen LogP contribution is 2.44. The summed E-state index contributed by atoms with van der Waals surface area (Å²) in [5.74, 6) is -0.172. The number of carbonyl (C=O) groups excluding carboxylic acids is 1. The van der Waals surface area contributed by atoms with Gasteiger partial charge in [0.05, 0.1) is 28.9 Å². The summed E-state index contributed by atoms with van der Waals surface area (Å²) in [5, 5.41) is 21.2. The summed E-state index contributed by atoms with van der Waals surface area (Å²) in [5.41, 5.74) is 1.96. The van der Waals surface area contributed by atoms with E-state index in [9.17, 15) is 28.1 Å². The number of nitro benzene ring substituents is 1. The lowest BCUT2D eigenvalue weighted by Gasteiger charge is -2.34. The van der Waals surface area contributed by atoms with Crippen molar-refractivity contribution < 1.29 is 27.6 Å². The van der Waals surface area contributed by atoms with Crippen LogP contribution < -0.4 is 15.4 Å². The molecule has 224 valence electrons. The molecule has 0 radical (unpaired) electrons. The Labute approximate surface area is 253 Å². The molecular formula is C30H27BrF3N5O4. The number of aryl methyl sites for hydroxylation is 1. The highest BCUT2D eigenvalue weighted by Gasteiger charge is 2.47. The van der Waals surface area contributed by atoms with Crippen molar-refractivity contribution in [3.63, 3.8) is 0 Å². The number of alkyl halides is 3. The number of aromatic nitrogens is 2. The van der Waals surface area contributed by atoms with Crippen LogP contribution in [0, 0.1) is 17.0 Å². The van der Waals surface area contributed by atoms with Crippen molar-refractivity contribution in [1.82, 2.24) is 9.78 Å². The quantitative estimate of drug-likeness (QED) is 0.152. The second kappa shape index (κ2) is 11.7. The van der Waals surface area contributed by atoms with Crippen molar-refractivity contribution in [2.75, 3.05) is 10.6 Å². The normalized spacial score (nSPS) is 16.4. The van der Waals surface area contributed by atoms with Crippen molar-refractivity contribution in [2.45, 2.75) is 51.4 Å². The Kier molecular flexibility index (Phi) is 8.19. The lowest BCUT2D eigenvalue weighted by atomic mass is 9.96. The summed E-state index contributed by atoms with van der Waals surface area (Å²) in [7, 11) is 0. The number of ether oxygens (including phenoxy) is 1. The Balaban J connectivity index is 1.47. The molecule has 5 rings (SSSR count). The predicted octanol–water partition coefficient (Wildman–Crippen LogP) is 8.69. The summed E-state index contributed by atoms with van der Waals surface area (Å²) in [4.78, 5) is 24.5. The van der Waals surface area contributed by atoms with E-state index in [1.165, 1.54) is 12.1 Å². The van der Waals surface area contributed by atoms with E-state index in [0.29, 0.717) is 11.3 Å². The first kappa shape index (κ1) is 30.1. The number of carbonyl (C=O) groups is 1. The molecule has 2 atom stereocenters. The molecule has 2 N–H and O–H groups in total. The van der Waals surface area contributed by atoms with Crippen LogP contribution in [0.3, 0.4) is 0 Å². The van der Waals surface area contributed by atoms with Gasteiger partial charge in [0, 0.05) is 23.0 Å². The van der Waals surface area contributed by atoms with Gasteiger partial charge in [0.2, 0.25) is 0 Å². The van der Waals surface area contributed by atoms with Crippen molar-refractivity contribution >= 4 is 39.0 Å². The van der Waals surface area contributed by atoms with Crippen LogP contribution in [0.1, 0.15) is 65.3 Å². The van der Waals surface area contributed by atoms with Crippen molar-refractivity contribution in [1.29, 1.82) is 0 Å². The molecule has 1 aliphatic heterocycles. The first-order valence-corrected chi connectivity index (χ1v) is 14.1. The average Bonchev–Trinajstić information content (AvgIpc) is 3.36. The highest BCUT2D eigenvalue weighted by molar-refractivity contribution is 9.10. The van der Waals surface area contributed by atoms with Gasteiger partial charge in [-0.15, -0.1) is 0 Å². The fourth-order valence-electron chi connectivity index (χ4n) is 4.99.